The van der Waals surface area contributed by atoms with Gasteiger partial charge in [-0.2, -0.15) is 0 Å². The van der Waals surface area contributed by atoms with Crippen LogP contribution in [0.2, 0.25) is 0 Å². The van der Waals surface area contributed by atoms with Crippen LogP contribution in [0.4, 0.5) is 5.13 Å². The maximum absolute atomic E-state index is 10.4. The molecule has 1 aromatic heterocycles. The van der Waals surface area contributed by atoms with Crippen LogP contribution in [-0.2, 0) is 4.79 Å². The molecule has 0 aliphatic carbocycles. The Labute approximate surface area is 104 Å². The molecule has 5 nitrogen and oxygen atoms in total. The fraction of sp³-hybridized carbons (Fsp3) is 0.636. The Morgan fingerprint density at radius 1 is 1.71 bits per heavy atom. The highest BCUT2D eigenvalue weighted by Crippen LogP contribution is 2.24. The summed E-state index contributed by atoms with van der Waals surface area (Å²) in [6, 6.07) is 0. The summed E-state index contributed by atoms with van der Waals surface area (Å²) in [5.74, 6) is -0.274. The van der Waals surface area contributed by atoms with Crippen molar-refractivity contribution in [3.63, 3.8) is 0 Å². The van der Waals surface area contributed by atoms with Crippen molar-refractivity contribution in [3.8, 4) is 0 Å². The normalized spacial score (nSPS) is 20.5. The fourth-order valence-electron chi connectivity index (χ4n) is 2.16. The van der Waals surface area contributed by atoms with Gasteiger partial charge in [0.1, 0.15) is 0 Å². The molecule has 1 aromatic rings. The van der Waals surface area contributed by atoms with Crippen LogP contribution in [0.15, 0.2) is 11.6 Å². The van der Waals surface area contributed by atoms with Gasteiger partial charge in [-0.15, -0.1) is 11.3 Å². The van der Waals surface area contributed by atoms with Gasteiger partial charge >= 0.3 is 5.97 Å². The number of nitrogens with one attached hydrogen (secondary N) is 1. The Hall–Kier alpha value is -1.14. The largest absolute Gasteiger partial charge is 0.480 e. The van der Waals surface area contributed by atoms with E-state index in [-0.39, 0.29) is 6.54 Å². The van der Waals surface area contributed by atoms with Gasteiger partial charge in [-0.3, -0.25) is 4.79 Å². The number of nitrogens with zero attached hydrogens (tertiary/aromatic N) is 2. The van der Waals surface area contributed by atoms with E-state index in [9.17, 15) is 4.79 Å². The minimum absolute atomic E-state index is 0.0494. The Bertz CT molecular complexity index is 356. The number of carboxylic acids is 1. The molecule has 2 rings (SSSR count). The third-order valence-corrected chi connectivity index (χ3v) is 3.75. The summed E-state index contributed by atoms with van der Waals surface area (Å²) in [4.78, 5) is 17.0. The number of rotatable bonds is 5. The molecular formula is C11H17N3O2S. The van der Waals surface area contributed by atoms with E-state index in [0.29, 0.717) is 5.92 Å². The lowest BCUT2D eigenvalue weighted by atomic mass is 9.98. The quantitative estimate of drug-likeness (QED) is 0.823. The molecule has 1 saturated heterocycles. The second-order valence-electron chi connectivity index (χ2n) is 4.29. The van der Waals surface area contributed by atoms with Crippen molar-refractivity contribution >= 4 is 22.4 Å². The van der Waals surface area contributed by atoms with E-state index in [1.807, 2.05) is 11.6 Å². The van der Waals surface area contributed by atoms with E-state index in [4.69, 9.17) is 5.11 Å². The first-order chi connectivity index (χ1) is 8.25. The number of carboxylic acid groups (broad SMARTS) is 1. The monoisotopic (exact) mass is 255 g/mol. The van der Waals surface area contributed by atoms with Crippen LogP contribution >= 0.6 is 11.3 Å². The van der Waals surface area contributed by atoms with E-state index in [1.54, 1.807) is 11.3 Å². The number of anilines is 1. The molecule has 1 aliphatic rings. The Morgan fingerprint density at radius 3 is 3.29 bits per heavy atom. The van der Waals surface area contributed by atoms with E-state index in [0.717, 1.165) is 37.6 Å². The molecule has 1 atom stereocenters. The van der Waals surface area contributed by atoms with Crippen LogP contribution in [0.25, 0.3) is 0 Å². The number of carbonyl (C=O) groups is 1. The summed E-state index contributed by atoms with van der Waals surface area (Å²) in [5, 5.41) is 14.6. The average molecular weight is 255 g/mol. The minimum atomic E-state index is -0.794. The molecule has 94 valence electrons. The highest BCUT2D eigenvalue weighted by Gasteiger charge is 2.21. The summed E-state index contributed by atoms with van der Waals surface area (Å²) >= 11 is 1.66. The van der Waals surface area contributed by atoms with Crippen LogP contribution in [-0.4, -0.2) is 42.2 Å². The van der Waals surface area contributed by atoms with Gasteiger partial charge in [-0.25, -0.2) is 4.98 Å². The Balaban J connectivity index is 1.79. The summed E-state index contributed by atoms with van der Waals surface area (Å²) in [7, 11) is 0. The minimum Gasteiger partial charge on any atom is -0.480 e. The van der Waals surface area contributed by atoms with E-state index in [1.165, 1.54) is 0 Å². The fourth-order valence-corrected chi connectivity index (χ4v) is 2.84. The van der Waals surface area contributed by atoms with Crippen LogP contribution in [0.5, 0.6) is 0 Å². The van der Waals surface area contributed by atoms with Gasteiger partial charge < -0.3 is 15.3 Å². The standard InChI is InChI=1S/C11H17N3O2S/c15-10(16)7-12-6-9-2-1-4-14(8-9)11-13-3-5-17-11/h3,5,9,12H,1-2,4,6-8H2,(H,15,16). The van der Waals surface area contributed by atoms with Crippen LogP contribution in [0, 0.1) is 5.92 Å². The van der Waals surface area contributed by atoms with Gasteiger partial charge in [-0.05, 0) is 18.8 Å². The lowest BCUT2D eigenvalue weighted by Crippen LogP contribution is -2.40. The predicted molar refractivity (Wildman–Crippen MR) is 67.6 cm³/mol. The van der Waals surface area contributed by atoms with Crippen molar-refractivity contribution in [1.82, 2.24) is 10.3 Å². The lowest BCUT2D eigenvalue weighted by molar-refractivity contribution is -0.136. The Kier molecular flexibility index (Phi) is 4.33. The number of aromatic nitrogens is 1. The van der Waals surface area contributed by atoms with Gasteiger partial charge in [-0.1, -0.05) is 0 Å². The third-order valence-electron chi connectivity index (χ3n) is 2.92. The predicted octanol–water partition coefficient (Wildman–Crippen LogP) is 1.03. The van der Waals surface area contributed by atoms with Gasteiger partial charge in [0.25, 0.3) is 0 Å². The molecule has 17 heavy (non-hydrogen) atoms. The molecule has 0 bridgehead atoms. The molecule has 2 heterocycles. The topological polar surface area (TPSA) is 65.5 Å². The third kappa shape index (κ3) is 3.67. The van der Waals surface area contributed by atoms with Gasteiger partial charge in [0.2, 0.25) is 0 Å². The smallest absolute Gasteiger partial charge is 0.317 e. The number of aliphatic carboxylic acids is 1. The first-order valence-electron chi connectivity index (χ1n) is 5.82. The number of hydrogen-bond acceptors (Lipinski definition) is 5. The Morgan fingerprint density at radius 2 is 2.59 bits per heavy atom. The summed E-state index contributed by atoms with van der Waals surface area (Å²) in [6.07, 6.45) is 4.14. The molecule has 0 aromatic carbocycles. The van der Waals surface area contributed by atoms with Crippen molar-refractivity contribution in [2.45, 2.75) is 12.8 Å². The second-order valence-corrected chi connectivity index (χ2v) is 5.17. The number of piperidine rings is 1. The zero-order valence-electron chi connectivity index (χ0n) is 9.63. The highest BCUT2D eigenvalue weighted by molar-refractivity contribution is 7.13. The summed E-state index contributed by atoms with van der Waals surface area (Å²) in [6.45, 7) is 2.85. The van der Waals surface area contributed by atoms with Crippen molar-refractivity contribution in [2.75, 3.05) is 31.1 Å². The first kappa shape index (κ1) is 12.3. The van der Waals surface area contributed by atoms with Crippen LogP contribution in [0.3, 0.4) is 0 Å². The van der Waals surface area contributed by atoms with E-state index >= 15 is 0 Å². The maximum atomic E-state index is 10.4. The number of hydrogen-bond donors (Lipinski definition) is 2. The van der Waals surface area contributed by atoms with Gasteiger partial charge in [0.15, 0.2) is 5.13 Å². The lowest BCUT2D eigenvalue weighted by Gasteiger charge is -2.32. The zero-order chi connectivity index (χ0) is 12.1. The van der Waals surface area contributed by atoms with Crippen molar-refractivity contribution < 1.29 is 9.90 Å². The van der Waals surface area contributed by atoms with Crippen molar-refractivity contribution in [1.29, 1.82) is 0 Å². The molecule has 1 fully saturated rings. The first-order valence-corrected chi connectivity index (χ1v) is 6.70. The molecule has 0 radical (unpaired) electrons. The van der Waals surface area contributed by atoms with Crippen molar-refractivity contribution in [2.24, 2.45) is 5.92 Å². The van der Waals surface area contributed by atoms with Gasteiger partial charge in [0, 0.05) is 31.2 Å². The van der Waals surface area contributed by atoms with E-state index in [2.05, 4.69) is 15.2 Å². The summed E-state index contributed by atoms with van der Waals surface area (Å²) < 4.78 is 0. The molecule has 1 aliphatic heterocycles. The van der Waals surface area contributed by atoms with Gasteiger partial charge in [0.05, 0.1) is 6.54 Å². The SMILES string of the molecule is O=C(O)CNCC1CCCN(c2nccs2)C1. The summed E-state index contributed by atoms with van der Waals surface area (Å²) in [5.41, 5.74) is 0. The molecule has 0 amide bonds. The van der Waals surface area contributed by atoms with E-state index < -0.39 is 5.97 Å². The van der Waals surface area contributed by atoms with Crippen LogP contribution < -0.4 is 10.2 Å². The molecule has 0 spiro atoms. The molecule has 2 N–H and O–H groups in total. The maximum Gasteiger partial charge on any atom is 0.317 e. The molecular weight excluding hydrogens is 238 g/mol. The number of thiazole rings is 1. The molecule has 0 saturated carbocycles. The molecule has 1 unspecified atom stereocenters. The average Bonchev–Trinajstić information content (AvgIpc) is 2.82. The highest BCUT2D eigenvalue weighted by atomic mass is 32.1. The van der Waals surface area contributed by atoms with Crippen LogP contribution in [0.1, 0.15) is 12.8 Å². The van der Waals surface area contributed by atoms with Crippen molar-refractivity contribution in [3.05, 3.63) is 11.6 Å². The second kappa shape index (κ2) is 5.97. The zero-order valence-corrected chi connectivity index (χ0v) is 10.4. The molecule has 6 heteroatoms.